The molecule has 31 nitrogen and oxygen atoms in total. The highest BCUT2D eigenvalue weighted by Gasteiger charge is 2.55. The fraction of sp³-hybridized carbons (Fsp3) is 0.696. The van der Waals surface area contributed by atoms with E-state index in [0.717, 1.165) is 135 Å². The second-order valence-corrected chi connectivity index (χ2v) is 35.8. The molecule has 0 aromatic carbocycles. The lowest BCUT2D eigenvalue weighted by molar-refractivity contribution is -0.324. The van der Waals surface area contributed by atoms with Crippen LogP contribution in [0, 0.1) is 0 Å². The Hall–Kier alpha value is -3.92. The summed E-state index contributed by atoms with van der Waals surface area (Å²) in [6.45, 7) is 20.6. The first-order valence-electron chi connectivity index (χ1n) is 39.0. The van der Waals surface area contributed by atoms with Crippen molar-refractivity contribution in [2.75, 3.05) is 46.2 Å². The van der Waals surface area contributed by atoms with Gasteiger partial charge in [-0.15, -0.1) is 0 Å². The van der Waals surface area contributed by atoms with E-state index in [1.165, 1.54) is 61.8 Å². The first-order chi connectivity index (χ1) is 53.4. The third-order valence-corrected chi connectivity index (χ3v) is 23.3. The Balaban J connectivity index is 1.85. The average molecular weight is 1700 g/mol. The molecule has 2 heterocycles. The summed E-state index contributed by atoms with van der Waals surface area (Å²) in [4.78, 5) is 66.7. The van der Waals surface area contributed by atoms with Gasteiger partial charge in [0.15, 0.2) is 12.6 Å². The summed E-state index contributed by atoms with van der Waals surface area (Å²) < 4.78 is 102. The van der Waals surface area contributed by atoms with Crippen molar-refractivity contribution in [2.24, 2.45) is 0 Å². The van der Waals surface area contributed by atoms with Gasteiger partial charge >= 0.3 is 31.3 Å². The summed E-state index contributed by atoms with van der Waals surface area (Å²) in [5.74, 6) is -1.85. The summed E-state index contributed by atoms with van der Waals surface area (Å²) in [5, 5.41) is 96.5. The fourth-order valence-electron chi connectivity index (χ4n) is 11.9. The van der Waals surface area contributed by atoms with E-state index >= 15 is 0 Å². The van der Waals surface area contributed by atoms with Crippen molar-refractivity contribution in [2.45, 2.75) is 311 Å². The van der Waals surface area contributed by atoms with Crippen molar-refractivity contribution in [3.05, 3.63) is 128 Å². The molecule has 2 saturated heterocycles. The zero-order valence-corrected chi connectivity index (χ0v) is 72.7. The largest absolute Gasteiger partial charge is 0.483 e. The maximum Gasteiger partial charge on any atom is 0.483 e. The quantitative estimate of drug-likeness (QED) is 0.0199. The highest BCUT2D eigenvalue weighted by Crippen LogP contribution is 2.61. The number of hydrogen-bond donors (Lipinski definition) is 15. The van der Waals surface area contributed by atoms with Crippen molar-refractivity contribution >= 4 is 43.1 Å². The van der Waals surface area contributed by atoms with Gasteiger partial charge in [-0.3, -0.25) is 36.7 Å². The number of rotatable bonds is 57. The maximum absolute atomic E-state index is 13.4. The van der Waals surface area contributed by atoms with Crippen molar-refractivity contribution in [3.63, 3.8) is 0 Å². The van der Waals surface area contributed by atoms with Crippen LogP contribution in [0.5, 0.6) is 0 Å². The van der Waals surface area contributed by atoms with Gasteiger partial charge in [0.05, 0.1) is 46.2 Å². The smallest absolute Gasteiger partial charge is 0.394 e. The molecule has 2 rings (SSSR count). The molecule has 0 spiro atoms. The molecule has 2 fully saturated rings. The van der Waals surface area contributed by atoms with E-state index in [1.807, 2.05) is 6.92 Å². The van der Waals surface area contributed by atoms with Crippen molar-refractivity contribution in [1.82, 2.24) is 10.6 Å². The second kappa shape index (κ2) is 55.8. The molecule has 0 radical (unpaired) electrons. The number of aliphatic hydroxyl groups excluding tert-OH is 9. The van der Waals surface area contributed by atoms with Crippen molar-refractivity contribution in [1.29, 1.82) is 0 Å². The maximum atomic E-state index is 13.4. The normalized spacial score (nSPS) is 24.9. The number of carbonyl (C=O) groups excluding carboxylic acids is 2. The number of phosphoric acid groups is 4. The van der Waals surface area contributed by atoms with E-state index in [0.29, 0.717) is 12.8 Å². The minimum Gasteiger partial charge on any atom is -0.394 e. The lowest BCUT2D eigenvalue weighted by Gasteiger charge is -2.48. The van der Waals surface area contributed by atoms with Gasteiger partial charge < -0.3 is 90.4 Å². The fourth-order valence-corrected chi connectivity index (χ4v) is 15.8. The highest BCUT2D eigenvalue weighted by molar-refractivity contribution is 7.61. The van der Waals surface area contributed by atoms with Gasteiger partial charge in [-0.1, -0.05) is 128 Å². The summed E-state index contributed by atoms with van der Waals surface area (Å²) in [6.07, 6.45) is 20.8. The first kappa shape index (κ1) is 106. The van der Waals surface area contributed by atoms with Gasteiger partial charge in [-0.05, 0) is 212 Å². The predicted octanol–water partition coefficient (Wildman–Crippen LogP) is 12.1. The predicted molar refractivity (Wildman–Crippen MR) is 434 cm³/mol. The van der Waals surface area contributed by atoms with Crippen LogP contribution in [0.25, 0.3) is 0 Å². The zero-order chi connectivity index (χ0) is 85.9. The SMILES string of the molecule is CC(=O)N[C@H]1[C@@H](OP(=O)(O)OP(=O)(O)OC/C=C(/C)CC/C=C(/C)CC/C=C(/C)CC/C=C(/C)CC/C=C(/C)CC/C=C(/C)CC/C=C(/C)CC/C=C(/C)CC/C=C(\C)CC/C=C(\C)CCC=C(C)C)O[C@H](CO)[C@@H](O[C@@H]2O[C@H](CO)[C@@H](OP(=O)(O)OC[C@H](O)COP(=O)(O)OC[C@H](O)[C@H](O)[C@H](O)CO)[C@H](O)[C@H]2NC(C)=O)[C@@H]1O. The van der Waals surface area contributed by atoms with Crippen molar-refractivity contribution < 1.29 is 139 Å². The van der Waals surface area contributed by atoms with Crippen molar-refractivity contribution in [3.8, 4) is 0 Å². The van der Waals surface area contributed by atoms with E-state index in [1.54, 1.807) is 6.92 Å². The topological polar surface area (TPSA) is 482 Å². The molecule has 656 valence electrons. The number of ether oxygens (including phenoxy) is 3. The monoisotopic (exact) mass is 1700 g/mol. The lowest BCUT2D eigenvalue weighted by Crippen LogP contribution is -2.69. The van der Waals surface area contributed by atoms with Crippen LogP contribution in [0.1, 0.15) is 225 Å². The Labute approximate surface area is 675 Å². The van der Waals surface area contributed by atoms with Gasteiger partial charge in [0, 0.05) is 13.8 Å². The Morgan fingerprint density at radius 1 is 0.386 bits per heavy atom. The van der Waals surface area contributed by atoms with Crippen LogP contribution in [0.2, 0.25) is 0 Å². The second-order valence-electron chi connectivity index (χ2n) is 29.9. The summed E-state index contributed by atoms with van der Waals surface area (Å²) >= 11 is 0. The molecule has 18 atom stereocenters. The summed E-state index contributed by atoms with van der Waals surface area (Å²) in [5.41, 5.74) is 14.9. The van der Waals surface area contributed by atoms with Gasteiger partial charge in [0.2, 0.25) is 11.8 Å². The lowest BCUT2D eigenvalue weighted by atomic mass is 9.94. The Bertz CT molecular complexity index is 3470. The summed E-state index contributed by atoms with van der Waals surface area (Å²) in [7, 11) is -21.9. The standard InChI is InChI=1S/C79H136N2O29P4/c1-53(2)25-15-26-54(3)27-16-28-55(4)29-17-30-56(5)31-18-32-57(6)33-19-34-58(7)35-20-36-59(8)37-21-38-60(9)39-22-40-61(10)41-23-42-62(11)43-24-44-63(12)45-46-101-113(97,98)110-114(99,100)109-79-72(81-65(14)86)74(91)76(69(48-83)106-79)107-78-71(80-64(13)85)75(92)77(70(49-84)105-78)108-112(95,96)103-51-66(87)50-102-111(93,94)104-52-68(89)73(90)67(88)47-82/h25,27,29,31,33,35,37,39,41,43,45,66-79,82-84,87-92H,15-24,26,28,30,32,34,36,38,40,42,44,46-52H2,1-14H3,(H,80,85)(H,81,86)(H,93,94)(H,95,96)(H,97,98)(H,99,100)/b54-27+,55-29+,56-31-,57-33-,58-35-,59-37-,60-39-,61-41-,62-43-,63-45-/t66-,67-,68+,69-,70-,71-,72-,73-,74-,75-,76-,77-,78+,79-/m1/s1. The molecule has 0 aromatic heterocycles. The van der Waals surface area contributed by atoms with Crippen LogP contribution in [-0.2, 0) is 73.5 Å². The molecular formula is C79H136N2O29P4. The third-order valence-electron chi connectivity index (χ3n) is 18.7. The van der Waals surface area contributed by atoms with Crippen LogP contribution in [-0.4, -0.2) is 209 Å². The van der Waals surface area contributed by atoms with Crippen LogP contribution in [0.3, 0.4) is 0 Å². The molecule has 0 aliphatic carbocycles. The molecule has 0 bridgehead atoms. The van der Waals surface area contributed by atoms with Gasteiger partial charge in [0.25, 0.3) is 0 Å². The molecule has 0 aromatic rings. The first-order valence-corrected chi connectivity index (χ1v) is 45.0. The average Bonchev–Trinajstić information content (AvgIpc) is 0.770. The summed E-state index contributed by atoms with van der Waals surface area (Å²) in [6, 6.07) is -3.86. The molecule has 114 heavy (non-hydrogen) atoms. The number of hydrogen-bond acceptors (Lipinski definition) is 25. The third kappa shape index (κ3) is 46.6. The molecule has 4 unspecified atom stereocenters. The van der Waals surface area contributed by atoms with Gasteiger partial charge in [-0.25, -0.2) is 18.3 Å². The van der Waals surface area contributed by atoms with E-state index in [4.69, 9.17) is 37.4 Å². The van der Waals surface area contributed by atoms with E-state index < -0.39 is 175 Å². The van der Waals surface area contributed by atoms with Gasteiger partial charge in [0.1, 0.15) is 73.1 Å². The van der Waals surface area contributed by atoms with Crippen LogP contribution >= 0.6 is 31.3 Å². The van der Waals surface area contributed by atoms with Crippen LogP contribution in [0.4, 0.5) is 0 Å². The molecule has 2 amide bonds. The number of carbonyl (C=O) groups is 2. The minimum atomic E-state index is -5.79. The minimum absolute atomic E-state index is 0.542. The molecule has 15 N–H and O–H groups in total. The number of nitrogens with one attached hydrogen (secondary N) is 2. The number of amides is 2. The van der Waals surface area contributed by atoms with Gasteiger partial charge in [-0.2, -0.15) is 4.31 Å². The zero-order valence-electron chi connectivity index (χ0n) is 69.2. The highest BCUT2D eigenvalue weighted by atomic mass is 31.3. The van der Waals surface area contributed by atoms with Crippen LogP contribution in [0.15, 0.2) is 128 Å². The van der Waals surface area contributed by atoms with E-state index in [-0.39, 0.29) is 0 Å². The number of phosphoric ester groups is 4. The Kier molecular flexibility index (Phi) is 52.0. The Morgan fingerprint density at radius 2 is 0.702 bits per heavy atom. The van der Waals surface area contributed by atoms with E-state index in [2.05, 4.69) is 154 Å². The van der Waals surface area contributed by atoms with Crippen LogP contribution < -0.4 is 10.6 Å². The number of allylic oxidation sites excluding steroid dienone is 21. The Morgan fingerprint density at radius 3 is 1.05 bits per heavy atom. The number of aliphatic hydroxyl groups is 9. The molecule has 2 aliphatic heterocycles. The molecule has 35 heteroatoms. The molecule has 2 aliphatic rings. The molecule has 0 saturated carbocycles. The molecular weight excluding hydrogens is 1560 g/mol. The van der Waals surface area contributed by atoms with E-state index in [9.17, 15) is 88.3 Å².